The average molecular weight is 540 g/mol. The Hall–Kier alpha value is -3.04. The number of hydrogen-bond donors (Lipinski definition) is 3. The second-order valence-corrected chi connectivity index (χ2v) is 12.1. The van der Waals surface area contributed by atoms with Gasteiger partial charge in [-0.25, -0.2) is 0 Å². The molecule has 1 heterocycles. The summed E-state index contributed by atoms with van der Waals surface area (Å²) in [5.41, 5.74) is -1.97. The lowest BCUT2D eigenvalue weighted by molar-refractivity contribution is -0.181. The number of esters is 1. The van der Waals surface area contributed by atoms with Crippen molar-refractivity contribution in [2.45, 2.75) is 77.0 Å². The van der Waals surface area contributed by atoms with Gasteiger partial charge in [-0.1, -0.05) is 25.5 Å². The number of hydrogen-bond acceptors (Lipinski definition) is 8. The first-order valence-corrected chi connectivity index (χ1v) is 13.8. The number of aliphatic hydroxyl groups is 2. The fraction of sp³-hybridized carbons (Fsp3) is 0.600. The van der Waals surface area contributed by atoms with Crippen LogP contribution in [0.3, 0.4) is 0 Å². The average Bonchev–Trinajstić information content (AvgIpc) is 3.51. The normalized spacial score (nSPS) is 36.8. The molecule has 0 spiro atoms. The van der Waals surface area contributed by atoms with E-state index in [0.717, 1.165) is 18.4 Å². The number of carbonyl (C=O) groups is 4. The molecule has 0 bridgehead atoms. The number of rotatable bonds is 8. The van der Waals surface area contributed by atoms with Crippen LogP contribution in [0.15, 0.2) is 46.6 Å². The molecule has 7 atom stereocenters. The van der Waals surface area contributed by atoms with Crippen molar-refractivity contribution in [1.29, 1.82) is 0 Å². The van der Waals surface area contributed by atoms with E-state index in [1.54, 1.807) is 24.3 Å². The van der Waals surface area contributed by atoms with Crippen LogP contribution >= 0.6 is 0 Å². The smallest absolute Gasteiger partial charge is 0.306 e. The Labute approximate surface area is 227 Å². The van der Waals surface area contributed by atoms with Crippen molar-refractivity contribution in [3.05, 3.63) is 48.0 Å². The van der Waals surface area contributed by atoms with E-state index >= 15 is 0 Å². The molecular weight excluding hydrogens is 502 g/mol. The van der Waals surface area contributed by atoms with Gasteiger partial charge in [0.15, 0.2) is 12.4 Å². The second-order valence-electron chi connectivity index (χ2n) is 12.1. The van der Waals surface area contributed by atoms with Crippen LogP contribution in [0.2, 0.25) is 0 Å². The third kappa shape index (κ3) is 4.69. The van der Waals surface area contributed by atoms with Gasteiger partial charge in [0.2, 0.25) is 11.7 Å². The van der Waals surface area contributed by atoms with Crippen LogP contribution in [0, 0.1) is 28.6 Å². The fourth-order valence-electron chi connectivity index (χ4n) is 8.03. The maximum atomic E-state index is 13.3. The fourth-order valence-corrected chi connectivity index (χ4v) is 8.03. The van der Waals surface area contributed by atoms with Crippen molar-refractivity contribution in [2.75, 3.05) is 6.61 Å². The van der Waals surface area contributed by atoms with Crippen molar-refractivity contribution in [3.63, 3.8) is 0 Å². The molecule has 0 aliphatic heterocycles. The number of amides is 1. The monoisotopic (exact) mass is 539 g/mol. The third-order valence-electron chi connectivity index (χ3n) is 10.1. The summed E-state index contributed by atoms with van der Waals surface area (Å²) in [6, 6.07) is 3.44. The minimum atomic E-state index is -1.72. The topological polar surface area (TPSA) is 143 Å². The van der Waals surface area contributed by atoms with Crippen molar-refractivity contribution < 1.29 is 38.5 Å². The van der Waals surface area contributed by atoms with Gasteiger partial charge in [-0.15, -0.1) is 0 Å². The third-order valence-corrected chi connectivity index (χ3v) is 10.1. The first-order valence-electron chi connectivity index (χ1n) is 13.8. The highest BCUT2D eigenvalue weighted by Crippen LogP contribution is 2.67. The van der Waals surface area contributed by atoms with Crippen molar-refractivity contribution >= 4 is 23.4 Å². The molecule has 4 aliphatic carbocycles. The molecule has 0 radical (unpaired) electrons. The standard InChI is InChI=1S/C30H37NO8/c1-28-11-9-19(32)14-18(28)5-6-21-22-10-12-30(37,29(22,2)15-23(33)27(21)28)24(34)17-39-26(36)8-7-25(35)31-16-20-4-3-13-38-20/h3-4,9,11,13-14,21-23,27,33,37H,5-8,10,12,15-17H2,1-2H3,(H,31,35)/t21-,22-,23+,27+,28+,29-,30-/m1/s1. The lowest BCUT2D eigenvalue weighted by Gasteiger charge is -2.59. The second kappa shape index (κ2) is 10.2. The number of furan rings is 1. The van der Waals surface area contributed by atoms with Gasteiger partial charge in [0.1, 0.15) is 11.4 Å². The first kappa shape index (κ1) is 27.5. The summed E-state index contributed by atoms with van der Waals surface area (Å²) >= 11 is 0. The zero-order valence-electron chi connectivity index (χ0n) is 22.5. The summed E-state index contributed by atoms with van der Waals surface area (Å²) in [4.78, 5) is 49.6. The number of fused-ring (bicyclic) bond motifs is 5. The molecular formula is C30H37NO8. The van der Waals surface area contributed by atoms with Crippen LogP contribution in [-0.4, -0.2) is 52.0 Å². The maximum absolute atomic E-state index is 13.3. The molecule has 210 valence electrons. The van der Waals surface area contributed by atoms with Crippen LogP contribution < -0.4 is 5.32 Å². The van der Waals surface area contributed by atoms with E-state index in [-0.39, 0.29) is 61.7 Å². The number of aliphatic hydroxyl groups excluding tert-OH is 1. The molecule has 1 aromatic heterocycles. The van der Waals surface area contributed by atoms with E-state index in [2.05, 4.69) is 12.2 Å². The lowest BCUT2D eigenvalue weighted by Crippen LogP contribution is -2.61. The summed E-state index contributed by atoms with van der Waals surface area (Å²) in [5, 5.41) is 25.8. The molecule has 0 unspecified atom stereocenters. The molecule has 3 saturated carbocycles. The molecule has 3 N–H and O–H groups in total. The quantitative estimate of drug-likeness (QED) is 0.428. The minimum Gasteiger partial charge on any atom is -0.467 e. The van der Waals surface area contributed by atoms with E-state index in [4.69, 9.17) is 9.15 Å². The molecule has 1 amide bonds. The van der Waals surface area contributed by atoms with E-state index in [9.17, 15) is 29.4 Å². The highest BCUT2D eigenvalue weighted by molar-refractivity contribution is 6.01. The predicted octanol–water partition coefficient (Wildman–Crippen LogP) is 2.80. The predicted molar refractivity (Wildman–Crippen MR) is 139 cm³/mol. The van der Waals surface area contributed by atoms with E-state index in [0.29, 0.717) is 12.2 Å². The minimum absolute atomic E-state index is 0.0119. The molecule has 9 heteroatoms. The Morgan fingerprint density at radius 1 is 1.21 bits per heavy atom. The molecule has 4 aliphatic rings. The van der Waals surface area contributed by atoms with Crippen LogP contribution in [0.25, 0.3) is 0 Å². The van der Waals surface area contributed by atoms with Gasteiger partial charge in [0.25, 0.3) is 0 Å². The molecule has 1 aromatic rings. The van der Waals surface area contributed by atoms with Gasteiger partial charge in [0.05, 0.1) is 25.3 Å². The molecule has 3 fully saturated rings. The van der Waals surface area contributed by atoms with Crippen molar-refractivity contribution in [1.82, 2.24) is 5.32 Å². The van der Waals surface area contributed by atoms with Gasteiger partial charge in [-0.05, 0) is 68.2 Å². The summed E-state index contributed by atoms with van der Waals surface area (Å²) < 4.78 is 10.3. The summed E-state index contributed by atoms with van der Waals surface area (Å²) in [6.07, 6.45) is 8.30. The van der Waals surface area contributed by atoms with E-state index in [1.165, 1.54) is 6.26 Å². The Kier molecular flexibility index (Phi) is 7.18. The molecule has 0 saturated heterocycles. The molecule has 9 nitrogen and oxygen atoms in total. The number of Topliss-reactive ketones (excluding diaryl/α,β-unsaturated/α-hetero) is 1. The van der Waals surface area contributed by atoms with Crippen LogP contribution in [0.4, 0.5) is 0 Å². The Morgan fingerprint density at radius 2 is 2.00 bits per heavy atom. The summed E-state index contributed by atoms with van der Waals surface area (Å²) in [7, 11) is 0. The Bertz CT molecular complexity index is 1220. The molecule has 39 heavy (non-hydrogen) atoms. The van der Waals surface area contributed by atoms with E-state index < -0.39 is 40.9 Å². The van der Waals surface area contributed by atoms with Gasteiger partial charge >= 0.3 is 5.97 Å². The van der Waals surface area contributed by atoms with Crippen LogP contribution in [-0.2, 0) is 30.5 Å². The largest absolute Gasteiger partial charge is 0.467 e. The number of carbonyl (C=O) groups excluding carboxylic acids is 4. The summed E-state index contributed by atoms with van der Waals surface area (Å²) in [6.45, 7) is 3.59. The van der Waals surface area contributed by atoms with Crippen LogP contribution in [0.1, 0.15) is 64.6 Å². The zero-order chi connectivity index (χ0) is 28.0. The van der Waals surface area contributed by atoms with Crippen molar-refractivity contribution in [3.8, 4) is 0 Å². The van der Waals surface area contributed by atoms with Gasteiger partial charge in [0, 0.05) is 23.2 Å². The number of ether oxygens (including phenoxy) is 1. The molecule has 0 aromatic carbocycles. The SMILES string of the molecule is C[C@]12C=CC(=O)C=C1CC[C@H]1[C@H]2[C@@H](O)C[C@]2(C)[C@@H]1CC[C@@]2(O)C(=O)COC(=O)CCC(=O)NCc1ccco1. The van der Waals surface area contributed by atoms with E-state index in [1.807, 2.05) is 13.0 Å². The number of allylic oxidation sites excluding steroid dienone is 4. The van der Waals surface area contributed by atoms with Gasteiger partial charge < -0.3 is 24.7 Å². The van der Waals surface area contributed by atoms with Crippen LogP contribution in [0.5, 0.6) is 0 Å². The Balaban J connectivity index is 1.19. The first-order chi connectivity index (χ1) is 18.5. The zero-order valence-corrected chi connectivity index (χ0v) is 22.5. The lowest BCUT2D eigenvalue weighted by atomic mass is 9.46. The van der Waals surface area contributed by atoms with Gasteiger partial charge in [-0.2, -0.15) is 0 Å². The van der Waals surface area contributed by atoms with Crippen molar-refractivity contribution in [2.24, 2.45) is 28.6 Å². The van der Waals surface area contributed by atoms with Gasteiger partial charge in [-0.3, -0.25) is 19.2 Å². The number of ketones is 2. The highest BCUT2D eigenvalue weighted by Gasteiger charge is 2.68. The summed E-state index contributed by atoms with van der Waals surface area (Å²) in [5.74, 6) is -1.05. The molecule has 5 rings (SSSR count). The Morgan fingerprint density at radius 3 is 2.74 bits per heavy atom. The highest BCUT2D eigenvalue weighted by atomic mass is 16.5. The number of nitrogens with one attached hydrogen (secondary N) is 1. The maximum Gasteiger partial charge on any atom is 0.306 e.